The lowest BCUT2D eigenvalue weighted by molar-refractivity contribution is -0.306. The van der Waals surface area contributed by atoms with Crippen LogP contribution in [0.4, 0.5) is 43.9 Å². The average Bonchev–Trinajstić information content (AvgIpc) is 3.35. The van der Waals surface area contributed by atoms with Crippen LogP contribution in [0.5, 0.6) is 5.88 Å². The van der Waals surface area contributed by atoms with Crippen LogP contribution in [0.3, 0.4) is 0 Å². The fraction of sp³-hybridized carbons (Fsp3) is 0.381. The molecule has 1 atom stereocenters. The Morgan fingerprint density at radius 3 is 2.34 bits per heavy atom. The number of aromatic nitrogens is 4. The zero-order chi connectivity index (χ0) is 28.2. The molecule has 1 aliphatic rings. The van der Waals surface area contributed by atoms with E-state index < -0.39 is 53.6 Å². The zero-order valence-corrected chi connectivity index (χ0v) is 18.8. The first-order valence-corrected chi connectivity index (χ1v) is 10.6. The fourth-order valence-electron chi connectivity index (χ4n) is 3.40. The molecule has 1 amide bonds. The second-order valence-electron chi connectivity index (χ2n) is 8.31. The van der Waals surface area contributed by atoms with Crippen molar-refractivity contribution in [2.75, 3.05) is 0 Å². The van der Waals surface area contributed by atoms with Crippen LogP contribution in [0, 0.1) is 5.82 Å². The maximum atomic E-state index is 14.2. The number of nitrogens with zero attached hydrogens (tertiary/aromatic N) is 4. The highest BCUT2D eigenvalue weighted by atomic mass is 19.4. The van der Waals surface area contributed by atoms with Crippen molar-refractivity contribution >= 4 is 5.91 Å². The largest absolute Gasteiger partial charge is 0.440 e. The summed E-state index contributed by atoms with van der Waals surface area (Å²) in [6, 6.07) is 3.18. The predicted octanol–water partition coefficient (Wildman–Crippen LogP) is 5.19. The van der Waals surface area contributed by atoms with Gasteiger partial charge in [0.05, 0.1) is 11.8 Å². The number of benzene rings is 1. The summed E-state index contributed by atoms with van der Waals surface area (Å²) < 4.78 is 138. The Balaban J connectivity index is 1.72. The number of hydrogen-bond donors (Lipinski definition) is 1. The normalized spacial score (nSPS) is 15.4. The van der Waals surface area contributed by atoms with E-state index in [4.69, 9.17) is 0 Å². The van der Waals surface area contributed by atoms with Crippen molar-refractivity contribution in [1.82, 2.24) is 24.9 Å². The smallest absolute Gasteiger partial charge is 0.410 e. The molecule has 1 aliphatic carbocycles. The molecule has 0 aliphatic heterocycles. The fourth-order valence-corrected chi connectivity index (χ4v) is 3.40. The van der Waals surface area contributed by atoms with E-state index in [0.717, 1.165) is 44.4 Å². The molecule has 4 rings (SSSR count). The third kappa shape index (κ3) is 5.40. The summed E-state index contributed by atoms with van der Waals surface area (Å²) in [6.07, 6.45) is -18.9. The Labute approximate surface area is 206 Å². The quantitative estimate of drug-likeness (QED) is 0.405. The summed E-state index contributed by atoms with van der Waals surface area (Å²) in [6.45, 7) is 0. The Kier molecular flexibility index (Phi) is 6.59. The van der Waals surface area contributed by atoms with Gasteiger partial charge in [-0.1, -0.05) is 6.07 Å². The SMILES string of the molecule is Cn1nc(OC(F)(F)C(F)C(F)(F)F)c(C(F)(F)F)c1-n1cc(-c2ccc(F)c(C(=O)NC3CC3)c2)cn1. The molecule has 206 valence electrons. The van der Waals surface area contributed by atoms with Crippen LogP contribution >= 0.6 is 0 Å². The van der Waals surface area contributed by atoms with E-state index in [9.17, 15) is 48.7 Å². The van der Waals surface area contributed by atoms with E-state index in [1.165, 1.54) is 6.07 Å². The maximum Gasteiger partial charge on any atom is 0.440 e. The molecule has 7 nitrogen and oxygen atoms in total. The topological polar surface area (TPSA) is 74.0 Å². The van der Waals surface area contributed by atoms with Gasteiger partial charge in [-0.3, -0.25) is 4.79 Å². The van der Waals surface area contributed by atoms with Crippen LogP contribution in [0.2, 0.25) is 0 Å². The molecule has 17 heteroatoms. The maximum absolute atomic E-state index is 14.2. The highest BCUT2D eigenvalue weighted by Gasteiger charge is 2.60. The van der Waals surface area contributed by atoms with Crippen molar-refractivity contribution in [3.05, 3.63) is 47.5 Å². The number of halogens is 10. The second-order valence-corrected chi connectivity index (χ2v) is 8.31. The molecule has 38 heavy (non-hydrogen) atoms. The molecule has 1 N–H and O–H groups in total. The van der Waals surface area contributed by atoms with Gasteiger partial charge in [0, 0.05) is 24.8 Å². The van der Waals surface area contributed by atoms with E-state index in [0.29, 0.717) is 9.36 Å². The number of rotatable bonds is 7. The minimum absolute atomic E-state index is 0.0495. The summed E-state index contributed by atoms with van der Waals surface area (Å²) in [4.78, 5) is 12.3. The molecule has 0 radical (unpaired) electrons. The third-order valence-electron chi connectivity index (χ3n) is 5.34. The van der Waals surface area contributed by atoms with Gasteiger partial charge < -0.3 is 10.1 Å². The first-order valence-electron chi connectivity index (χ1n) is 10.6. The van der Waals surface area contributed by atoms with Crippen molar-refractivity contribution in [3.8, 4) is 22.8 Å². The van der Waals surface area contributed by atoms with Gasteiger partial charge >= 0.3 is 18.5 Å². The Bertz CT molecular complexity index is 1360. The van der Waals surface area contributed by atoms with E-state index in [2.05, 4.69) is 20.3 Å². The minimum Gasteiger partial charge on any atom is -0.410 e. The molecular formula is C21H15F10N5O2. The monoisotopic (exact) mass is 559 g/mol. The van der Waals surface area contributed by atoms with Gasteiger partial charge in [-0.15, -0.1) is 5.10 Å². The van der Waals surface area contributed by atoms with Crippen LogP contribution in [-0.4, -0.2) is 50.0 Å². The molecule has 0 bridgehead atoms. The van der Waals surface area contributed by atoms with E-state index in [1.807, 2.05) is 0 Å². The van der Waals surface area contributed by atoms with Gasteiger partial charge in [0.1, 0.15) is 5.82 Å². The number of aryl methyl sites for hydroxylation is 1. The van der Waals surface area contributed by atoms with Gasteiger partial charge in [-0.25, -0.2) is 18.1 Å². The van der Waals surface area contributed by atoms with E-state index in [1.54, 1.807) is 0 Å². The van der Waals surface area contributed by atoms with Crippen molar-refractivity contribution in [2.24, 2.45) is 7.05 Å². The first kappa shape index (κ1) is 27.3. The Morgan fingerprint density at radius 2 is 1.76 bits per heavy atom. The first-order chi connectivity index (χ1) is 17.5. The standard InChI is InChI=1S/C21H15F10N5O2/c1-35-17(14(19(24,25)26)16(34-35)38-21(30,31)18(23)20(27,28)29)36-8-10(7-32-36)9-2-5-13(22)12(6-9)15(37)33-11-3-4-11/h2,5-8,11,18H,3-4H2,1H3,(H,33,37). The van der Waals surface area contributed by atoms with E-state index in [-0.39, 0.29) is 22.7 Å². The van der Waals surface area contributed by atoms with Gasteiger partial charge in [0.2, 0.25) is 0 Å². The average molecular weight is 559 g/mol. The molecule has 1 aromatic carbocycles. The van der Waals surface area contributed by atoms with Gasteiger partial charge in [0.15, 0.2) is 11.4 Å². The molecule has 1 saturated carbocycles. The minimum atomic E-state index is -6.14. The van der Waals surface area contributed by atoms with Crippen molar-refractivity contribution in [1.29, 1.82) is 0 Å². The van der Waals surface area contributed by atoms with Crippen molar-refractivity contribution < 1.29 is 53.4 Å². The summed E-state index contributed by atoms with van der Waals surface area (Å²) in [7, 11) is 0.825. The van der Waals surface area contributed by atoms with Gasteiger partial charge in [-0.05, 0) is 30.5 Å². The number of amides is 1. The molecule has 1 fully saturated rings. The molecule has 2 heterocycles. The van der Waals surface area contributed by atoms with Gasteiger partial charge in [0.25, 0.3) is 18.0 Å². The van der Waals surface area contributed by atoms with Crippen LogP contribution in [0.15, 0.2) is 30.6 Å². The summed E-state index contributed by atoms with van der Waals surface area (Å²) in [5.74, 6) is -4.66. The summed E-state index contributed by atoms with van der Waals surface area (Å²) in [5.41, 5.74) is -2.22. The third-order valence-corrected chi connectivity index (χ3v) is 5.34. The lowest BCUT2D eigenvalue weighted by Crippen LogP contribution is -2.46. The lowest BCUT2D eigenvalue weighted by atomic mass is 10.1. The predicted molar refractivity (Wildman–Crippen MR) is 108 cm³/mol. The van der Waals surface area contributed by atoms with Crippen LogP contribution in [0.25, 0.3) is 16.9 Å². The highest BCUT2D eigenvalue weighted by Crippen LogP contribution is 2.44. The molecule has 2 aromatic heterocycles. The summed E-state index contributed by atoms with van der Waals surface area (Å²) >= 11 is 0. The Hall–Kier alpha value is -3.79. The van der Waals surface area contributed by atoms with Crippen molar-refractivity contribution in [2.45, 2.75) is 43.5 Å². The Morgan fingerprint density at radius 1 is 1.11 bits per heavy atom. The number of carbonyl (C=O) groups is 1. The van der Waals surface area contributed by atoms with Crippen LogP contribution in [0.1, 0.15) is 28.8 Å². The molecule has 0 saturated heterocycles. The molecule has 1 unspecified atom stereocenters. The summed E-state index contributed by atoms with van der Waals surface area (Å²) in [5, 5.41) is 9.35. The number of carbonyl (C=O) groups excluding carboxylic acids is 1. The number of alkyl halides is 9. The lowest BCUT2D eigenvalue weighted by Gasteiger charge is -2.22. The van der Waals surface area contributed by atoms with Gasteiger partial charge in [-0.2, -0.15) is 40.2 Å². The van der Waals surface area contributed by atoms with Crippen molar-refractivity contribution in [3.63, 3.8) is 0 Å². The van der Waals surface area contributed by atoms with Crippen LogP contribution < -0.4 is 10.1 Å². The number of nitrogens with one attached hydrogen (secondary N) is 1. The van der Waals surface area contributed by atoms with Crippen LogP contribution in [-0.2, 0) is 13.2 Å². The highest BCUT2D eigenvalue weighted by molar-refractivity contribution is 5.96. The molecule has 3 aromatic rings. The number of hydrogen-bond acceptors (Lipinski definition) is 4. The molecule has 0 spiro atoms. The number of ether oxygens (including phenoxy) is 1. The zero-order valence-electron chi connectivity index (χ0n) is 18.8. The van der Waals surface area contributed by atoms with E-state index >= 15 is 0 Å². The molecular weight excluding hydrogens is 544 g/mol. The second kappa shape index (κ2) is 9.20.